The van der Waals surface area contributed by atoms with Gasteiger partial charge in [0.15, 0.2) is 0 Å². The maximum Gasteiger partial charge on any atom is 0.410 e. The van der Waals surface area contributed by atoms with E-state index >= 15 is 0 Å². The molecule has 5 heteroatoms. The van der Waals surface area contributed by atoms with Crippen LogP contribution >= 0.6 is 0 Å². The Morgan fingerprint density at radius 3 is 2.41 bits per heavy atom. The second kappa shape index (κ2) is 9.06. The third kappa shape index (κ3) is 5.02. The molecule has 4 rings (SSSR count). The Morgan fingerprint density at radius 2 is 1.69 bits per heavy atom. The molecule has 0 atom stereocenters. The Bertz CT molecular complexity index is 970. The van der Waals surface area contributed by atoms with Crippen molar-refractivity contribution in [2.75, 3.05) is 13.1 Å². The molecule has 29 heavy (non-hydrogen) atoms. The average molecular weight is 386 g/mol. The summed E-state index contributed by atoms with van der Waals surface area (Å²) in [6, 6.07) is 23.1. The van der Waals surface area contributed by atoms with Crippen molar-refractivity contribution in [2.45, 2.75) is 13.0 Å². The third-order valence-electron chi connectivity index (χ3n) is 4.66. The lowest BCUT2D eigenvalue weighted by Gasteiger charge is -2.26. The van der Waals surface area contributed by atoms with E-state index in [-0.39, 0.29) is 12.7 Å². The Labute approximate surface area is 170 Å². The van der Waals surface area contributed by atoms with Gasteiger partial charge in [-0.3, -0.25) is 4.98 Å². The number of amides is 1. The standard InChI is InChI=1S/C24H22N2O3/c27-24(28-18-19-8-3-1-4-9-19)26-15-7-10-20(17-26)23-14-13-22(16-25-23)29-21-11-5-2-6-12-21/h1-6,8-14,16H,7,15,17-18H2. The molecule has 1 aromatic heterocycles. The van der Waals surface area contributed by atoms with Crippen LogP contribution in [-0.2, 0) is 11.3 Å². The van der Waals surface area contributed by atoms with E-state index in [0.717, 1.165) is 29.0 Å². The van der Waals surface area contributed by atoms with Gasteiger partial charge in [-0.05, 0) is 41.8 Å². The number of pyridine rings is 1. The fraction of sp³-hybridized carbons (Fsp3) is 0.167. The average Bonchev–Trinajstić information content (AvgIpc) is 2.79. The van der Waals surface area contributed by atoms with Crippen molar-refractivity contribution in [3.8, 4) is 11.5 Å². The highest BCUT2D eigenvalue weighted by atomic mass is 16.6. The van der Waals surface area contributed by atoms with Crippen LogP contribution in [0.3, 0.4) is 0 Å². The minimum atomic E-state index is -0.302. The van der Waals surface area contributed by atoms with E-state index in [1.807, 2.05) is 72.8 Å². The number of para-hydroxylation sites is 1. The van der Waals surface area contributed by atoms with Crippen LogP contribution < -0.4 is 4.74 Å². The SMILES string of the molecule is O=C(OCc1ccccc1)N1CCC=C(c2ccc(Oc3ccccc3)cn2)C1. The summed E-state index contributed by atoms with van der Waals surface area (Å²) in [6.45, 7) is 1.41. The molecular formula is C24H22N2O3. The molecule has 0 N–H and O–H groups in total. The second-order valence-corrected chi connectivity index (χ2v) is 6.77. The fourth-order valence-electron chi connectivity index (χ4n) is 3.15. The topological polar surface area (TPSA) is 51.7 Å². The van der Waals surface area contributed by atoms with E-state index in [9.17, 15) is 4.79 Å². The van der Waals surface area contributed by atoms with Crippen LogP contribution in [-0.4, -0.2) is 29.1 Å². The molecule has 0 fully saturated rings. The van der Waals surface area contributed by atoms with Gasteiger partial charge in [-0.25, -0.2) is 4.79 Å². The van der Waals surface area contributed by atoms with Gasteiger partial charge in [-0.15, -0.1) is 0 Å². The lowest BCUT2D eigenvalue weighted by Crippen LogP contribution is -2.35. The van der Waals surface area contributed by atoms with Gasteiger partial charge in [0.2, 0.25) is 0 Å². The molecule has 0 unspecified atom stereocenters. The van der Waals surface area contributed by atoms with Crippen LogP contribution in [0.25, 0.3) is 5.57 Å². The molecule has 146 valence electrons. The Balaban J connectivity index is 1.35. The number of ether oxygens (including phenoxy) is 2. The summed E-state index contributed by atoms with van der Waals surface area (Å²) >= 11 is 0. The molecule has 5 nitrogen and oxygen atoms in total. The Morgan fingerprint density at radius 1 is 0.931 bits per heavy atom. The van der Waals surface area contributed by atoms with Crippen molar-refractivity contribution in [2.24, 2.45) is 0 Å². The summed E-state index contributed by atoms with van der Waals surface area (Å²) in [6.07, 6.45) is 4.31. The van der Waals surface area contributed by atoms with Gasteiger partial charge in [0.1, 0.15) is 18.1 Å². The molecule has 2 heterocycles. The molecule has 0 saturated heterocycles. The predicted octanol–water partition coefficient (Wildman–Crippen LogP) is 5.30. The number of hydrogen-bond acceptors (Lipinski definition) is 4. The van der Waals surface area contributed by atoms with Gasteiger partial charge in [0, 0.05) is 6.54 Å². The molecule has 0 radical (unpaired) electrons. The summed E-state index contributed by atoms with van der Waals surface area (Å²) in [4.78, 5) is 18.7. The Kier molecular flexibility index (Phi) is 5.86. The number of aromatic nitrogens is 1. The molecule has 1 amide bonds. The van der Waals surface area contributed by atoms with Gasteiger partial charge in [0.05, 0.1) is 18.4 Å². The number of hydrogen-bond donors (Lipinski definition) is 0. The van der Waals surface area contributed by atoms with Gasteiger partial charge in [0.25, 0.3) is 0 Å². The van der Waals surface area contributed by atoms with Crippen molar-refractivity contribution in [3.63, 3.8) is 0 Å². The fourth-order valence-corrected chi connectivity index (χ4v) is 3.15. The molecule has 1 aliphatic heterocycles. The van der Waals surface area contributed by atoms with Crippen LogP contribution in [0.2, 0.25) is 0 Å². The third-order valence-corrected chi connectivity index (χ3v) is 4.66. The van der Waals surface area contributed by atoms with E-state index in [1.165, 1.54) is 0 Å². The molecule has 0 spiro atoms. The van der Waals surface area contributed by atoms with E-state index in [4.69, 9.17) is 9.47 Å². The molecule has 0 saturated carbocycles. The summed E-state index contributed by atoms with van der Waals surface area (Å²) in [5, 5.41) is 0. The largest absolute Gasteiger partial charge is 0.456 e. The van der Waals surface area contributed by atoms with Crippen molar-refractivity contribution in [1.29, 1.82) is 0 Å². The number of benzene rings is 2. The minimum Gasteiger partial charge on any atom is -0.456 e. The zero-order chi connectivity index (χ0) is 19.9. The van der Waals surface area contributed by atoms with Gasteiger partial charge in [-0.2, -0.15) is 0 Å². The van der Waals surface area contributed by atoms with Crippen LogP contribution in [0.1, 0.15) is 17.7 Å². The zero-order valence-corrected chi connectivity index (χ0v) is 16.0. The lowest BCUT2D eigenvalue weighted by atomic mass is 10.1. The van der Waals surface area contributed by atoms with Crippen molar-refractivity contribution in [3.05, 3.63) is 96.3 Å². The molecule has 3 aromatic rings. The normalized spacial score (nSPS) is 13.5. The van der Waals surface area contributed by atoms with Crippen LogP contribution in [0, 0.1) is 0 Å². The van der Waals surface area contributed by atoms with E-state index in [0.29, 0.717) is 18.8 Å². The van der Waals surface area contributed by atoms with E-state index < -0.39 is 0 Å². The monoisotopic (exact) mass is 386 g/mol. The van der Waals surface area contributed by atoms with E-state index in [1.54, 1.807) is 11.1 Å². The first-order valence-electron chi connectivity index (χ1n) is 9.62. The number of carbonyl (C=O) groups excluding carboxylic acids is 1. The van der Waals surface area contributed by atoms with Gasteiger partial charge in [-0.1, -0.05) is 54.6 Å². The van der Waals surface area contributed by atoms with Crippen LogP contribution in [0.15, 0.2) is 85.1 Å². The minimum absolute atomic E-state index is 0.277. The van der Waals surface area contributed by atoms with Gasteiger partial charge < -0.3 is 14.4 Å². The summed E-state index contributed by atoms with van der Waals surface area (Å²) < 4.78 is 11.2. The molecule has 1 aliphatic rings. The van der Waals surface area contributed by atoms with Crippen molar-refractivity contribution < 1.29 is 14.3 Å². The van der Waals surface area contributed by atoms with Crippen LogP contribution in [0.5, 0.6) is 11.5 Å². The Hall–Kier alpha value is -3.60. The highest BCUT2D eigenvalue weighted by Crippen LogP contribution is 2.24. The quantitative estimate of drug-likeness (QED) is 0.597. The highest BCUT2D eigenvalue weighted by molar-refractivity contribution is 5.74. The summed E-state index contributed by atoms with van der Waals surface area (Å²) in [5.74, 6) is 1.45. The maximum absolute atomic E-state index is 12.4. The van der Waals surface area contributed by atoms with Crippen LogP contribution in [0.4, 0.5) is 4.79 Å². The molecule has 0 bridgehead atoms. The number of rotatable bonds is 5. The smallest absolute Gasteiger partial charge is 0.410 e. The second-order valence-electron chi connectivity index (χ2n) is 6.77. The molecular weight excluding hydrogens is 364 g/mol. The van der Waals surface area contributed by atoms with Crippen molar-refractivity contribution >= 4 is 11.7 Å². The van der Waals surface area contributed by atoms with E-state index in [2.05, 4.69) is 11.1 Å². The lowest BCUT2D eigenvalue weighted by molar-refractivity contribution is 0.100. The summed E-state index contributed by atoms with van der Waals surface area (Å²) in [5.41, 5.74) is 2.83. The molecule has 0 aliphatic carbocycles. The first-order valence-corrected chi connectivity index (χ1v) is 9.62. The first-order chi connectivity index (χ1) is 14.3. The maximum atomic E-state index is 12.4. The summed E-state index contributed by atoms with van der Waals surface area (Å²) in [7, 11) is 0. The van der Waals surface area contributed by atoms with Gasteiger partial charge >= 0.3 is 6.09 Å². The number of carbonyl (C=O) groups is 1. The molecule has 2 aromatic carbocycles. The van der Waals surface area contributed by atoms with Crippen molar-refractivity contribution in [1.82, 2.24) is 9.88 Å². The zero-order valence-electron chi connectivity index (χ0n) is 16.0. The predicted molar refractivity (Wildman–Crippen MR) is 112 cm³/mol. The first kappa shape index (κ1) is 18.7. The highest BCUT2D eigenvalue weighted by Gasteiger charge is 2.21. The number of nitrogens with zero attached hydrogens (tertiary/aromatic N) is 2.